The van der Waals surface area contributed by atoms with Crippen molar-refractivity contribution < 1.29 is 14.6 Å². The molecule has 23 heavy (non-hydrogen) atoms. The van der Waals surface area contributed by atoms with Gasteiger partial charge in [0, 0.05) is 0 Å². The molecule has 0 atom stereocenters. The fraction of sp³-hybridized carbons (Fsp3) is 0.200. The van der Waals surface area contributed by atoms with Gasteiger partial charge < -0.3 is 14.6 Å². The summed E-state index contributed by atoms with van der Waals surface area (Å²) in [5.74, 6) is 1.88. The zero-order valence-electron chi connectivity index (χ0n) is 13.5. The predicted octanol–water partition coefficient (Wildman–Crippen LogP) is 4.76. The number of phenols is 1. The molecule has 0 aromatic heterocycles. The van der Waals surface area contributed by atoms with E-state index < -0.39 is 0 Å². The van der Waals surface area contributed by atoms with Crippen molar-refractivity contribution in [1.82, 2.24) is 0 Å². The van der Waals surface area contributed by atoms with Gasteiger partial charge in [-0.05, 0) is 61.4 Å². The van der Waals surface area contributed by atoms with Crippen molar-refractivity contribution in [3.63, 3.8) is 0 Å². The minimum atomic E-state index is -0.322. The smallest absolute Gasteiger partial charge is 0.132 e. The van der Waals surface area contributed by atoms with E-state index in [-0.39, 0.29) is 11.4 Å². The van der Waals surface area contributed by atoms with E-state index in [0.29, 0.717) is 0 Å². The molecule has 0 aliphatic carbocycles. The highest BCUT2D eigenvalue weighted by molar-refractivity contribution is 5.75. The SMILES string of the molecule is COc1cc(/C=C/c2ccc(O)cc2)cc2c1C=CC(C)(C)O2. The van der Waals surface area contributed by atoms with E-state index in [1.54, 1.807) is 19.2 Å². The average molecular weight is 308 g/mol. The third-order valence-corrected chi connectivity index (χ3v) is 3.73. The Balaban J connectivity index is 1.95. The zero-order valence-corrected chi connectivity index (χ0v) is 13.5. The van der Waals surface area contributed by atoms with Crippen LogP contribution in [0, 0.1) is 0 Å². The molecular weight excluding hydrogens is 288 g/mol. The predicted molar refractivity (Wildman–Crippen MR) is 93.8 cm³/mol. The quantitative estimate of drug-likeness (QED) is 0.831. The van der Waals surface area contributed by atoms with Gasteiger partial charge in [0.25, 0.3) is 0 Å². The molecule has 0 saturated heterocycles. The van der Waals surface area contributed by atoms with Crippen LogP contribution in [0.4, 0.5) is 0 Å². The molecule has 1 aliphatic heterocycles. The van der Waals surface area contributed by atoms with E-state index in [4.69, 9.17) is 9.47 Å². The van der Waals surface area contributed by atoms with Crippen molar-refractivity contribution in [3.8, 4) is 17.2 Å². The maximum Gasteiger partial charge on any atom is 0.132 e. The summed E-state index contributed by atoms with van der Waals surface area (Å²) in [7, 11) is 1.66. The molecule has 0 unspecified atom stereocenters. The molecule has 3 heteroatoms. The summed E-state index contributed by atoms with van der Waals surface area (Å²) in [6, 6.07) is 11.1. The molecule has 0 bridgehead atoms. The number of methoxy groups -OCH3 is 1. The standard InChI is InChI=1S/C20H20O3/c1-20(2)11-10-17-18(22-3)12-15(13-19(17)23-20)5-4-14-6-8-16(21)9-7-14/h4-13,21H,1-3H3/b5-4+. The number of rotatable bonds is 3. The fourth-order valence-electron chi connectivity index (χ4n) is 2.51. The van der Waals surface area contributed by atoms with Crippen molar-refractivity contribution in [2.75, 3.05) is 7.11 Å². The summed E-state index contributed by atoms with van der Waals surface area (Å²) in [4.78, 5) is 0. The van der Waals surface area contributed by atoms with Gasteiger partial charge in [0.05, 0.1) is 12.7 Å². The number of phenolic OH excluding ortho intramolecular Hbond substituents is 1. The largest absolute Gasteiger partial charge is 0.508 e. The first kappa shape index (κ1) is 15.2. The third kappa shape index (κ3) is 3.39. The number of hydrogen-bond donors (Lipinski definition) is 1. The van der Waals surface area contributed by atoms with E-state index in [0.717, 1.165) is 28.2 Å². The summed E-state index contributed by atoms with van der Waals surface area (Å²) in [5, 5.41) is 9.33. The van der Waals surface area contributed by atoms with Gasteiger partial charge in [0.2, 0.25) is 0 Å². The lowest BCUT2D eigenvalue weighted by Gasteiger charge is -2.28. The second kappa shape index (κ2) is 5.84. The van der Waals surface area contributed by atoms with Crippen LogP contribution in [0.25, 0.3) is 18.2 Å². The van der Waals surface area contributed by atoms with E-state index in [1.807, 2.05) is 62.4 Å². The molecule has 3 nitrogen and oxygen atoms in total. The normalized spacial score (nSPS) is 15.3. The van der Waals surface area contributed by atoms with E-state index in [2.05, 4.69) is 0 Å². The maximum atomic E-state index is 9.33. The average Bonchev–Trinajstić information content (AvgIpc) is 2.52. The van der Waals surface area contributed by atoms with Crippen molar-refractivity contribution in [2.45, 2.75) is 19.4 Å². The highest BCUT2D eigenvalue weighted by Gasteiger charge is 2.23. The highest BCUT2D eigenvalue weighted by Crippen LogP contribution is 2.38. The first-order chi connectivity index (χ1) is 11.0. The molecule has 1 heterocycles. The molecule has 2 aromatic carbocycles. The Morgan fingerprint density at radius 2 is 1.74 bits per heavy atom. The fourth-order valence-corrected chi connectivity index (χ4v) is 2.51. The van der Waals surface area contributed by atoms with Gasteiger partial charge in [-0.1, -0.05) is 24.3 Å². The Kier molecular flexibility index (Phi) is 3.87. The summed E-state index contributed by atoms with van der Waals surface area (Å²) >= 11 is 0. The molecule has 0 radical (unpaired) electrons. The lowest BCUT2D eigenvalue weighted by atomic mass is 10.00. The summed E-state index contributed by atoms with van der Waals surface area (Å²) in [6.07, 6.45) is 8.07. The third-order valence-electron chi connectivity index (χ3n) is 3.73. The van der Waals surface area contributed by atoms with Crippen LogP contribution in [-0.4, -0.2) is 17.8 Å². The van der Waals surface area contributed by atoms with Crippen molar-refractivity contribution in [1.29, 1.82) is 0 Å². The minimum absolute atomic E-state index is 0.264. The molecule has 118 valence electrons. The van der Waals surface area contributed by atoms with Crippen molar-refractivity contribution in [2.24, 2.45) is 0 Å². The Morgan fingerprint density at radius 1 is 1.04 bits per heavy atom. The number of hydrogen-bond acceptors (Lipinski definition) is 3. The van der Waals surface area contributed by atoms with Gasteiger partial charge in [-0.15, -0.1) is 0 Å². The summed E-state index contributed by atoms with van der Waals surface area (Å²) in [6.45, 7) is 4.05. The molecule has 2 aromatic rings. The second-order valence-corrected chi connectivity index (χ2v) is 6.10. The minimum Gasteiger partial charge on any atom is -0.508 e. The first-order valence-corrected chi connectivity index (χ1v) is 7.54. The topological polar surface area (TPSA) is 38.7 Å². The van der Waals surface area contributed by atoms with Crippen LogP contribution in [0.2, 0.25) is 0 Å². The van der Waals surface area contributed by atoms with Crippen LogP contribution >= 0.6 is 0 Å². The monoisotopic (exact) mass is 308 g/mol. The summed E-state index contributed by atoms with van der Waals surface area (Å²) in [5.41, 5.74) is 2.66. The lowest BCUT2D eigenvalue weighted by molar-refractivity contribution is 0.158. The molecular formula is C20H20O3. The van der Waals surface area contributed by atoms with Crippen molar-refractivity contribution >= 4 is 18.2 Å². The maximum absolute atomic E-state index is 9.33. The zero-order chi connectivity index (χ0) is 16.4. The Morgan fingerprint density at radius 3 is 2.43 bits per heavy atom. The van der Waals surface area contributed by atoms with Gasteiger partial charge >= 0.3 is 0 Å². The van der Waals surface area contributed by atoms with Gasteiger partial charge in [-0.2, -0.15) is 0 Å². The Labute approximate surface area is 136 Å². The number of ether oxygens (including phenoxy) is 2. The van der Waals surface area contributed by atoms with Crippen LogP contribution < -0.4 is 9.47 Å². The molecule has 1 aliphatic rings. The van der Waals surface area contributed by atoms with Gasteiger partial charge in [-0.3, -0.25) is 0 Å². The highest BCUT2D eigenvalue weighted by atomic mass is 16.5. The summed E-state index contributed by atoms with van der Waals surface area (Å²) < 4.78 is 11.5. The Bertz CT molecular complexity index is 768. The van der Waals surface area contributed by atoms with Crippen molar-refractivity contribution in [3.05, 3.63) is 59.2 Å². The van der Waals surface area contributed by atoms with Crippen LogP contribution in [0.1, 0.15) is 30.5 Å². The molecule has 0 spiro atoms. The number of aromatic hydroxyl groups is 1. The number of benzene rings is 2. The van der Waals surface area contributed by atoms with Gasteiger partial charge in [0.1, 0.15) is 22.8 Å². The van der Waals surface area contributed by atoms with Gasteiger partial charge in [-0.25, -0.2) is 0 Å². The Hall–Kier alpha value is -2.68. The van der Waals surface area contributed by atoms with E-state index in [9.17, 15) is 5.11 Å². The lowest BCUT2D eigenvalue weighted by Crippen LogP contribution is -2.27. The van der Waals surface area contributed by atoms with Crippen LogP contribution in [0.5, 0.6) is 17.2 Å². The second-order valence-electron chi connectivity index (χ2n) is 6.10. The molecule has 0 saturated carbocycles. The molecule has 0 amide bonds. The van der Waals surface area contributed by atoms with Crippen LogP contribution in [-0.2, 0) is 0 Å². The van der Waals surface area contributed by atoms with Crippen LogP contribution in [0.15, 0.2) is 42.5 Å². The van der Waals surface area contributed by atoms with E-state index in [1.165, 1.54) is 0 Å². The molecule has 1 N–H and O–H groups in total. The molecule has 0 fully saturated rings. The number of fused-ring (bicyclic) bond motifs is 1. The van der Waals surface area contributed by atoms with E-state index >= 15 is 0 Å². The molecule has 3 rings (SSSR count). The first-order valence-electron chi connectivity index (χ1n) is 7.54. The van der Waals surface area contributed by atoms with Crippen LogP contribution in [0.3, 0.4) is 0 Å². The van der Waals surface area contributed by atoms with Gasteiger partial charge in [0.15, 0.2) is 0 Å².